The van der Waals surface area contributed by atoms with E-state index in [4.69, 9.17) is 13.7 Å². The molecule has 272 valence electrons. The van der Waals surface area contributed by atoms with E-state index in [1.807, 2.05) is 83.2 Å². The van der Waals surface area contributed by atoms with Crippen LogP contribution in [0.1, 0.15) is 71.6 Å². The first-order chi connectivity index (χ1) is 23.8. The Balaban J connectivity index is 1.58. The molecular weight excluding hydrogens is 694 g/mol. The van der Waals surface area contributed by atoms with E-state index in [0.29, 0.717) is 5.41 Å². The third-order valence-corrected chi connectivity index (χ3v) is 16.4. The number of ether oxygens (including phenoxy) is 1. The number of Topliss-reactive ketones (excluding diaryl/α,β-unsaturated/α-hetero) is 2. The van der Waals surface area contributed by atoms with E-state index in [-0.39, 0.29) is 64.6 Å². The van der Waals surface area contributed by atoms with Crippen molar-refractivity contribution in [3.63, 3.8) is 0 Å². The highest BCUT2D eigenvalue weighted by atomic mass is 32.2. The number of anilines is 1. The molecule has 2 aromatic carbocycles. The normalized spacial score (nSPS) is 23.4. The molecule has 0 bridgehead atoms. The van der Waals surface area contributed by atoms with Gasteiger partial charge in [-0.1, -0.05) is 57.7 Å². The first-order valence-corrected chi connectivity index (χ1v) is 21.2. The van der Waals surface area contributed by atoms with Crippen molar-refractivity contribution in [1.82, 2.24) is 10.1 Å². The number of fused-ring (bicyclic) bond motifs is 4. The number of halogens is 1. The van der Waals surface area contributed by atoms with E-state index in [1.54, 1.807) is 0 Å². The van der Waals surface area contributed by atoms with Crippen molar-refractivity contribution in [3.05, 3.63) is 93.4 Å². The zero-order chi connectivity index (χ0) is 37.4. The number of hydrogen-bond donors (Lipinski definition) is 2. The second-order valence-electron chi connectivity index (χ2n) is 15.4. The van der Waals surface area contributed by atoms with Gasteiger partial charge < -0.3 is 18.8 Å². The van der Waals surface area contributed by atoms with Crippen LogP contribution in [0.5, 0.6) is 5.88 Å². The Labute approximate surface area is 298 Å². The highest BCUT2D eigenvalue weighted by Gasteiger charge is 2.69. The Morgan fingerprint density at radius 3 is 2.45 bits per heavy atom. The smallest absolute Gasteiger partial charge is 0.265 e. The molecule has 1 aromatic heterocycles. The van der Waals surface area contributed by atoms with Crippen LogP contribution in [0.15, 0.2) is 58.5 Å². The van der Waals surface area contributed by atoms with Crippen LogP contribution in [0.2, 0.25) is 18.1 Å². The molecule has 2 N–H and O–H groups in total. The monoisotopic (exact) mass is 737 g/mol. The third kappa shape index (κ3) is 5.85. The van der Waals surface area contributed by atoms with Crippen LogP contribution < -0.4 is 9.46 Å². The van der Waals surface area contributed by atoms with Gasteiger partial charge in [-0.3, -0.25) is 19.2 Å². The number of nitrogens with zero attached hydrogens (tertiary/aromatic N) is 2. The first-order valence-electron chi connectivity index (χ1n) is 16.8. The van der Waals surface area contributed by atoms with Gasteiger partial charge in [-0.05, 0) is 85.8 Å². The number of aromatic nitrogens is 1. The standard InChI is InChI=1S/C37H44FN3O8SSi/c1-10-50(45,46)40-26-18-25(38)23-16-22-17-24-30(41(6)7)32-29(35(39-48-32)47-19-21-14-12-11-13-15-21)34(44)37(24,49-51(8,9)36(3,4)5)33(43)28(22)31(42)27(23)20(26)2/h10-15,18,22,24,30,40,42H,1,16-17,19H2,2-9H3/t22-,24-,30-,37-/m0/s1. The second-order valence-corrected chi connectivity index (χ2v) is 21.7. The summed E-state index contributed by atoms with van der Waals surface area (Å²) in [6, 6.07) is 9.72. The molecule has 6 rings (SSSR count). The summed E-state index contributed by atoms with van der Waals surface area (Å²) in [5.74, 6) is -3.96. The van der Waals surface area contributed by atoms with Crippen molar-refractivity contribution in [2.24, 2.45) is 11.8 Å². The predicted octanol–water partition coefficient (Wildman–Crippen LogP) is 6.88. The summed E-state index contributed by atoms with van der Waals surface area (Å²) in [6.07, 6.45) is 0.189. The molecule has 0 spiro atoms. The molecular formula is C37H44FN3O8SSi. The number of carbonyl (C=O) groups is 2. The molecule has 0 aliphatic heterocycles. The molecule has 4 atom stereocenters. The van der Waals surface area contributed by atoms with Crippen LogP contribution in [0.25, 0.3) is 5.76 Å². The number of sulfonamides is 1. The van der Waals surface area contributed by atoms with Crippen LogP contribution in [0.4, 0.5) is 10.1 Å². The fourth-order valence-electron chi connectivity index (χ4n) is 7.47. The van der Waals surface area contributed by atoms with Crippen molar-refractivity contribution >= 4 is 41.4 Å². The van der Waals surface area contributed by atoms with Gasteiger partial charge in [-0.25, -0.2) is 12.8 Å². The number of carbonyl (C=O) groups excluding carboxylic acids is 2. The molecule has 1 saturated carbocycles. The molecule has 11 nitrogen and oxygen atoms in total. The molecule has 0 radical (unpaired) electrons. The number of ketones is 2. The summed E-state index contributed by atoms with van der Waals surface area (Å²) >= 11 is 0. The number of benzene rings is 2. The average Bonchev–Trinajstić information content (AvgIpc) is 3.46. The molecule has 3 aromatic rings. The molecule has 1 heterocycles. The lowest BCUT2D eigenvalue weighted by Crippen LogP contribution is -2.68. The van der Waals surface area contributed by atoms with Gasteiger partial charge in [0.1, 0.15) is 23.7 Å². The highest BCUT2D eigenvalue weighted by molar-refractivity contribution is 7.95. The number of aliphatic hydroxyl groups excluding tert-OH is 1. The fourth-order valence-corrected chi connectivity index (χ4v) is 9.52. The fraction of sp³-hybridized carbons (Fsp3) is 0.432. The first kappa shape index (κ1) is 36.7. The van der Waals surface area contributed by atoms with Crippen LogP contribution >= 0.6 is 0 Å². The molecule has 0 saturated heterocycles. The second kappa shape index (κ2) is 12.5. The zero-order valence-electron chi connectivity index (χ0n) is 30.1. The van der Waals surface area contributed by atoms with E-state index in [0.717, 1.165) is 11.6 Å². The molecule has 3 aliphatic rings. The molecule has 0 amide bonds. The van der Waals surface area contributed by atoms with Gasteiger partial charge in [-0.2, -0.15) is 0 Å². The lowest BCUT2D eigenvalue weighted by molar-refractivity contribution is -0.140. The minimum atomic E-state index is -4.03. The number of nitrogens with one attached hydrogen (secondary N) is 1. The molecule has 3 aliphatic carbocycles. The van der Waals surface area contributed by atoms with E-state index < -0.39 is 70.0 Å². The topological polar surface area (TPSA) is 148 Å². The Bertz CT molecular complexity index is 2090. The Kier molecular flexibility index (Phi) is 9.01. The summed E-state index contributed by atoms with van der Waals surface area (Å²) in [4.78, 5) is 32.6. The maximum atomic E-state index is 15.8. The summed E-state index contributed by atoms with van der Waals surface area (Å²) in [7, 11) is -3.37. The van der Waals surface area contributed by atoms with E-state index >= 15 is 14.0 Å². The Hall–Kier alpha value is -4.11. The number of aliphatic hydroxyl groups is 1. The predicted molar refractivity (Wildman–Crippen MR) is 193 cm³/mol. The zero-order valence-corrected chi connectivity index (χ0v) is 31.9. The van der Waals surface area contributed by atoms with Crippen LogP contribution in [0, 0.1) is 24.6 Å². The molecule has 14 heteroatoms. The third-order valence-electron chi connectivity index (χ3n) is 11.0. The summed E-state index contributed by atoms with van der Waals surface area (Å²) in [6.45, 7) is 14.8. The SMILES string of the molecule is C=CS(=O)(=O)Nc1cc(F)c2c(c1C)C(O)=C1C(=O)[C@]3(O[Si](C)(C)C(C)(C)C)C(=O)c4c(OCc5ccccc5)noc4[C@@H](N(C)C)[C@@H]3C[C@@H]1C2. The van der Waals surface area contributed by atoms with E-state index in [2.05, 4.69) is 16.5 Å². The molecule has 1 fully saturated rings. The van der Waals surface area contributed by atoms with Gasteiger partial charge in [0.15, 0.2) is 19.7 Å². The maximum absolute atomic E-state index is 15.8. The van der Waals surface area contributed by atoms with Gasteiger partial charge in [0.2, 0.25) is 11.6 Å². The van der Waals surface area contributed by atoms with E-state index in [9.17, 15) is 13.5 Å². The lowest BCUT2D eigenvalue weighted by Gasteiger charge is -2.55. The van der Waals surface area contributed by atoms with Gasteiger partial charge >= 0.3 is 0 Å². The van der Waals surface area contributed by atoms with Crippen molar-refractivity contribution in [2.75, 3.05) is 18.8 Å². The number of hydrogen-bond acceptors (Lipinski definition) is 10. The largest absolute Gasteiger partial charge is 0.507 e. The maximum Gasteiger partial charge on any atom is 0.265 e. The molecule has 51 heavy (non-hydrogen) atoms. The van der Waals surface area contributed by atoms with Crippen molar-refractivity contribution in [2.45, 2.75) is 76.9 Å². The van der Waals surface area contributed by atoms with Gasteiger partial charge in [0.25, 0.3) is 15.9 Å². The van der Waals surface area contributed by atoms with Crippen LogP contribution in [0.3, 0.4) is 0 Å². The van der Waals surface area contributed by atoms with E-state index in [1.165, 1.54) is 6.92 Å². The lowest BCUT2D eigenvalue weighted by atomic mass is 9.57. The summed E-state index contributed by atoms with van der Waals surface area (Å²) < 4.78 is 61.9. The summed E-state index contributed by atoms with van der Waals surface area (Å²) in [5.41, 5.74) is -1.08. The minimum Gasteiger partial charge on any atom is -0.507 e. The minimum absolute atomic E-state index is 0.00209. The average molecular weight is 738 g/mol. The quantitative estimate of drug-likeness (QED) is 0.176. The van der Waals surface area contributed by atoms with Crippen molar-refractivity contribution in [3.8, 4) is 5.88 Å². The highest BCUT2D eigenvalue weighted by Crippen LogP contribution is 2.59. The van der Waals surface area contributed by atoms with Gasteiger partial charge in [-0.15, -0.1) is 0 Å². The Morgan fingerprint density at radius 1 is 1.18 bits per heavy atom. The van der Waals surface area contributed by atoms with Gasteiger partial charge in [0.05, 0.1) is 11.7 Å². The van der Waals surface area contributed by atoms with Crippen molar-refractivity contribution in [1.29, 1.82) is 0 Å². The van der Waals surface area contributed by atoms with Crippen molar-refractivity contribution < 1.29 is 41.2 Å². The van der Waals surface area contributed by atoms with Crippen LogP contribution in [-0.4, -0.2) is 63.2 Å². The summed E-state index contributed by atoms with van der Waals surface area (Å²) in [5, 5.41) is 16.5. The molecule has 0 unspecified atom stereocenters. The Morgan fingerprint density at radius 2 is 1.84 bits per heavy atom. The van der Waals surface area contributed by atoms with Crippen LogP contribution in [-0.2, 0) is 32.3 Å². The number of rotatable bonds is 9. The van der Waals surface area contributed by atoms with Gasteiger partial charge in [0, 0.05) is 22.5 Å².